The zero-order chi connectivity index (χ0) is 13.1. The van der Waals surface area contributed by atoms with E-state index in [9.17, 15) is 9.18 Å². The Kier molecular flexibility index (Phi) is 4.12. The Morgan fingerprint density at radius 2 is 2.22 bits per heavy atom. The van der Waals surface area contributed by atoms with Gasteiger partial charge in [-0.15, -0.1) is 0 Å². The first-order chi connectivity index (χ1) is 8.56. The molecule has 0 aromatic heterocycles. The summed E-state index contributed by atoms with van der Waals surface area (Å²) in [5, 5.41) is 0. The van der Waals surface area contributed by atoms with Gasteiger partial charge < -0.3 is 4.90 Å². The third-order valence-corrected chi connectivity index (χ3v) is 3.69. The van der Waals surface area contributed by atoms with Gasteiger partial charge in [0.05, 0.1) is 0 Å². The van der Waals surface area contributed by atoms with E-state index in [1.165, 1.54) is 18.6 Å². The first-order valence-electron chi connectivity index (χ1n) is 6.53. The molecule has 2 nitrogen and oxygen atoms in total. The minimum absolute atomic E-state index is 0.0187. The Hall–Kier alpha value is -1.22. The highest BCUT2D eigenvalue weighted by molar-refractivity contribution is 5.96. The fourth-order valence-corrected chi connectivity index (χ4v) is 2.24. The van der Waals surface area contributed by atoms with Gasteiger partial charge in [0.2, 0.25) is 0 Å². The quantitative estimate of drug-likeness (QED) is 0.722. The van der Waals surface area contributed by atoms with E-state index >= 15 is 0 Å². The molecule has 0 N–H and O–H groups in total. The number of hydrogen-bond donors (Lipinski definition) is 0. The van der Waals surface area contributed by atoms with Crippen LogP contribution in [0.3, 0.4) is 0 Å². The van der Waals surface area contributed by atoms with Crippen molar-refractivity contribution in [2.45, 2.75) is 19.8 Å². The summed E-state index contributed by atoms with van der Waals surface area (Å²) in [7, 11) is 2.05. The molecule has 2 rings (SSSR count). The smallest absolute Gasteiger partial charge is 0.164 e. The molecule has 0 amide bonds. The highest BCUT2D eigenvalue weighted by Crippen LogP contribution is 2.37. The van der Waals surface area contributed by atoms with Crippen molar-refractivity contribution in [3.05, 3.63) is 35.6 Å². The van der Waals surface area contributed by atoms with E-state index < -0.39 is 0 Å². The molecule has 98 valence electrons. The van der Waals surface area contributed by atoms with E-state index in [1.54, 1.807) is 12.1 Å². The van der Waals surface area contributed by atoms with E-state index in [0.29, 0.717) is 12.0 Å². The molecule has 1 aromatic carbocycles. The Balaban J connectivity index is 1.77. The highest BCUT2D eigenvalue weighted by Gasteiger charge is 2.32. The zero-order valence-corrected chi connectivity index (χ0v) is 11.0. The number of hydrogen-bond acceptors (Lipinski definition) is 2. The average Bonchev–Trinajstić information content (AvgIpc) is 3.01. The molecule has 0 bridgehead atoms. The van der Waals surface area contributed by atoms with Crippen LogP contribution in [0.5, 0.6) is 0 Å². The molecule has 0 radical (unpaired) electrons. The molecule has 3 heteroatoms. The van der Waals surface area contributed by atoms with Crippen molar-refractivity contribution in [2.24, 2.45) is 11.8 Å². The molecule has 1 aliphatic rings. The Labute approximate surface area is 108 Å². The van der Waals surface area contributed by atoms with Gasteiger partial charge in [-0.3, -0.25) is 4.79 Å². The second-order valence-corrected chi connectivity index (χ2v) is 5.42. The molecule has 2 unspecified atom stereocenters. The lowest BCUT2D eigenvalue weighted by atomic mass is 10.1. The molecule has 1 fully saturated rings. The Bertz CT molecular complexity index is 432. The van der Waals surface area contributed by atoms with Gasteiger partial charge in [-0.25, -0.2) is 4.39 Å². The third-order valence-electron chi connectivity index (χ3n) is 3.69. The van der Waals surface area contributed by atoms with E-state index in [0.717, 1.165) is 24.9 Å². The predicted octanol–water partition coefficient (Wildman–Crippen LogP) is 2.99. The maximum Gasteiger partial charge on any atom is 0.164 e. The fraction of sp³-hybridized carbons (Fsp3) is 0.533. The number of ketones is 1. The number of Topliss-reactive ketones (excluding diaryl/α,β-unsaturated/α-hetero) is 1. The summed E-state index contributed by atoms with van der Waals surface area (Å²) in [6.07, 6.45) is 1.77. The van der Waals surface area contributed by atoms with Crippen LogP contribution in [0.25, 0.3) is 0 Å². The number of rotatable bonds is 6. The van der Waals surface area contributed by atoms with Gasteiger partial charge >= 0.3 is 0 Å². The molecule has 0 heterocycles. The lowest BCUT2D eigenvalue weighted by molar-refractivity contribution is 0.0967. The fourth-order valence-electron chi connectivity index (χ4n) is 2.24. The van der Waals surface area contributed by atoms with Crippen LogP contribution in [0.4, 0.5) is 4.39 Å². The maximum atomic E-state index is 13.0. The van der Waals surface area contributed by atoms with Crippen molar-refractivity contribution < 1.29 is 9.18 Å². The van der Waals surface area contributed by atoms with E-state index in [2.05, 4.69) is 11.8 Å². The van der Waals surface area contributed by atoms with Crippen molar-refractivity contribution in [3.8, 4) is 0 Å². The first-order valence-corrected chi connectivity index (χ1v) is 6.53. The van der Waals surface area contributed by atoms with Crippen LogP contribution in [-0.2, 0) is 0 Å². The van der Waals surface area contributed by atoms with Gasteiger partial charge in [0.25, 0.3) is 0 Å². The largest absolute Gasteiger partial charge is 0.306 e. The molecule has 0 saturated heterocycles. The standard InChI is InChI=1S/C15H20FNO/c1-11-8-13(11)10-17(2)7-6-15(18)12-4-3-5-14(16)9-12/h3-5,9,11,13H,6-8,10H2,1-2H3. The monoisotopic (exact) mass is 249 g/mol. The van der Waals surface area contributed by atoms with E-state index in [-0.39, 0.29) is 11.6 Å². The summed E-state index contributed by atoms with van der Waals surface area (Å²) in [5.41, 5.74) is 0.475. The van der Waals surface area contributed by atoms with Crippen molar-refractivity contribution in [3.63, 3.8) is 0 Å². The molecular formula is C15H20FNO. The number of halogens is 1. The van der Waals surface area contributed by atoms with Crippen LogP contribution in [0, 0.1) is 17.7 Å². The average molecular weight is 249 g/mol. The van der Waals surface area contributed by atoms with Gasteiger partial charge in [0, 0.05) is 25.1 Å². The highest BCUT2D eigenvalue weighted by atomic mass is 19.1. The lowest BCUT2D eigenvalue weighted by Crippen LogP contribution is -2.24. The molecule has 1 aliphatic carbocycles. The SMILES string of the molecule is CC1CC1CN(C)CCC(=O)c1cccc(F)c1. The normalized spacial score (nSPS) is 22.2. The second kappa shape index (κ2) is 5.61. The predicted molar refractivity (Wildman–Crippen MR) is 70.1 cm³/mol. The van der Waals surface area contributed by atoms with Crippen molar-refractivity contribution in [2.75, 3.05) is 20.1 Å². The zero-order valence-electron chi connectivity index (χ0n) is 11.0. The molecule has 18 heavy (non-hydrogen) atoms. The first kappa shape index (κ1) is 13.2. The van der Waals surface area contributed by atoms with Crippen molar-refractivity contribution in [1.29, 1.82) is 0 Å². The molecular weight excluding hydrogens is 229 g/mol. The molecule has 0 spiro atoms. The van der Waals surface area contributed by atoms with E-state index in [1.807, 2.05) is 7.05 Å². The number of benzene rings is 1. The van der Waals surface area contributed by atoms with Gasteiger partial charge in [0.1, 0.15) is 5.82 Å². The summed E-state index contributed by atoms with van der Waals surface area (Å²) < 4.78 is 13.0. The van der Waals surface area contributed by atoms with Crippen LogP contribution in [0.15, 0.2) is 24.3 Å². The van der Waals surface area contributed by atoms with Crippen LogP contribution >= 0.6 is 0 Å². The summed E-state index contributed by atoms with van der Waals surface area (Å²) >= 11 is 0. The number of carbonyl (C=O) groups is 1. The number of nitrogens with zero attached hydrogens (tertiary/aromatic N) is 1. The van der Waals surface area contributed by atoms with E-state index in [4.69, 9.17) is 0 Å². The minimum atomic E-state index is -0.346. The van der Waals surface area contributed by atoms with Gasteiger partial charge in [-0.1, -0.05) is 19.1 Å². The molecule has 0 aliphatic heterocycles. The topological polar surface area (TPSA) is 20.3 Å². The molecule has 2 atom stereocenters. The Morgan fingerprint density at radius 3 is 2.83 bits per heavy atom. The summed E-state index contributed by atoms with van der Waals surface area (Å²) in [5.74, 6) is 1.32. The minimum Gasteiger partial charge on any atom is -0.306 e. The lowest BCUT2D eigenvalue weighted by Gasteiger charge is -2.15. The van der Waals surface area contributed by atoms with Crippen LogP contribution in [-0.4, -0.2) is 30.8 Å². The summed E-state index contributed by atoms with van der Waals surface area (Å²) in [6.45, 7) is 4.08. The molecule has 1 aromatic rings. The van der Waals surface area contributed by atoms with Gasteiger partial charge in [-0.2, -0.15) is 0 Å². The van der Waals surface area contributed by atoms with Crippen LogP contribution in [0.1, 0.15) is 30.1 Å². The summed E-state index contributed by atoms with van der Waals surface area (Å²) in [6, 6.07) is 5.93. The van der Waals surface area contributed by atoms with Crippen LogP contribution in [0.2, 0.25) is 0 Å². The van der Waals surface area contributed by atoms with Crippen LogP contribution < -0.4 is 0 Å². The van der Waals surface area contributed by atoms with Crippen molar-refractivity contribution in [1.82, 2.24) is 4.90 Å². The van der Waals surface area contributed by atoms with Gasteiger partial charge in [0.15, 0.2) is 5.78 Å². The van der Waals surface area contributed by atoms with Crippen molar-refractivity contribution >= 4 is 5.78 Å². The third kappa shape index (κ3) is 3.64. The maximum absolute atomic E-state index is 13.0. The summed E-state index contributed by atoms with van der Waals surface area (Å²) in [4.78, 5) is 14.1. The van der Waals surface area contributed by atoms with Gasteiger partial charge in [-0.05, 0) is 37.4 Å². The number of carbonyl (C=O) groups excluding carboxylic acids is 1. The molecule has 1 saturated carbocycles. The Morgan fingerprint density at radius 1 is 1.50 bits per heavy atom. The second-order valence-electron chi connectivity index (χ2n) is 5.42.